The van der Waals surface area contributed by atoms with Crippen LogP contribution in [0.5, 0.6) is 0 Å². The van der Waals surface area contributed by atoms with Gasteiger partial charge in [-0.15, -0.1) is 0 Å². The second-order valence-corrected chi connectivity index (χ2v) is 8.37. The average molecular weight is 408 g/mol. The van der Waals surface area contributed by atoms with Crippen LogP contribution in [-0.4, -0.2) is 4.57 Å². The molecule has 0 radical (unpaired) electrons. The van der Waals surface area contributed by atoms with E-state index in [4.69, 9.17) is 0 Å². The summed E-state index contributed by atoms with van der Waals surface area (Å²) in [5.74, 6) is 0. The van der Waals surface area contributed by atoms with Crippen LogP contribution in [0.2, 0.25) is 0 Å². The van der Waals surface area contributed by atoms with Crippen LogP contribution in [0, 0.1) is 0 Å². The predicted octanol–water partition coefficient (Wildman–Crippen LogP) is 8.73. The fourth-order valence-electron chi connectivity index (χ4n) is 4.57. The van der Waals surface area contributed by atoms with Gasteiger partial charge in [0.1, 0.15) is 0 Å². The molecule has 1 aromatic heterocycles. The lowest BCUT2D eigenvalue weighted by Gasteiger charge is -2.14. The average Bonchev–Trinajstić information content (AvgIpc) is 3.16. The number of benzene rings is 3. The molecule has 0 bridgehead atoms. The molecule has 1 heterocycles. The van der Waals surface area contributed by atoms with Gasteiger partial charge in [-0.05, 0) is 29.2 Å². The Labute approximate surface area is 187 Å². The van der Waals surface area contributed by atoms with Crippen LogP contribution in [0.15, 0.2) is 91.5 Å². The number of hydrogen-bond donors (Lipinski definition) is 0. The number of fused-ring (bicyclic) bond motifs is 1. The highest BCUT2D eigenvalue weighted by atomic mass is 15.0. The van der Waals surface area contributed by atoms with Crippen LogP contribution in [0.3, 0.4) is 0 Å². The van der Waals surface area contributed by atoms with E-state index in [-0.39, 0.29) is 0 Å². The normalized spacial score (nSPS) is 11.1. The molecular formula is C30H33N. The summed E-state index contributed by atoms with van der Waals surface area (Å²) in [6, 6.07) is 30.2. The first-order chi connectivity index (χ1) is 15.3. The van der Waals surface area contributed by atoms with E-state index in [1.165, 1.54) is 71.8 Å². The number of hydrogen-bond acceptors (Lipinski definition) is 0. The SMILES string of the molecule is C=C(c1ccccc1)c1c(-c2ccccc2)n(CCCCCCCC)c2ccccc12. The van der Waals surface area contributed by atoms with Crippen molar-refractivity contribution in [1.29, 1.82) is 0 Å². The van der Waals surface area contributed by atoms with Crippen LogP contribution >= 0.6 is 0 Å². The van der Waals surface area contributed by atoms with Crippen molar-refractivity contribution in [1.82, 2.24) is 4.57 Å². The first-order valence-electron chi connectivity index (χ1n) is 11.7. The Morgan fingerprint density at radius 2 is 1.32 bits per heavy atom. The molecule has 0 amide bonds. The number of para-hydroxylation sites is 1. The molecule has 0 atom stereocenters. The van der Waals surface area contributed by atoms with Crippen molar-refractivity contribution >= 4 is 16.5 Å². The topological polar surface area (TPSA) is 4.93 Å². The van der Waals surface area contributed by atoms with Gasteiger partial charge in [0, 0.05) is 23.0 Å². The van der Waals surface area contributed by atoms with E-state index in [0.717, 1.165) is 12.1 Å². The molecule has 0 N–H and O–H groups in total. The minimum atomic E-state index is 1.04. The molecule has 31 heavy (non-hydrogen) atoms. The van der Waals surface area contributed by atoms with Crippen LogP contribution in [-0.2, 0) is 6.54 Å². The van der Waals surface area contributed by atoms with Gasteiger partial charge >= 0.3 is 0 Å². The predicted molar refractivity (Wildman–Crippen MR) is 135 cm³/mol. The van der Waals surface area contributed by atoms with Gasteiger partial charge in [0.15, 0.2) is 0 Å². The largest absolute Gasteiger partial charge is 0.340 e. The van der Waals surface area contributed by atoms with Crippen LogP contribution in [0.25, 0.3) is 27.7 Å². The lowest BCUT2D eigenvalue weighted by atomic mass is 9.94. The van der Waals surface area contributed by atoms with Crippen molar-refractivity contribution in [2.45, 2.75) is 52.0 Å². The molecule has 0 spiro atoms. The lowest BCUT2D eigenvalue weighted by molar-refractivity contribution is 0.567. The Hall–Kier alpha value is -3.06. The molecule has 0 aliphatic carbocycles. The molecule has 1 heteroatoms. The molecule has 0 fully saturated rings. The van der Waals surface area contributed by atoms with E-state index in [1.54, 1.807) is 0 Å². The number of nitrogens with zero attached hydrogens (tertiary/aromatic N) is 1. The van der Waals surface area contributed by atoms with Crippen LogP contribution in [0.1, 0.15) is 56.6 Å². The maximum Gasteiger partial charge on any atom is 0.0571 e. The summed E-state index contributed by atoms with van der Waals surface area (Å²) >= 11 is 0. The third-order valence-corrected chi connectivity index (χ3v) is 6.18. The van der Waals surface area contributed by atoms with Crippen molar-refractivity contribution in [3.8, 4) is 11.3 Å². The van der Waals surface area contributed by atoms with Gasteiger partial charge in [-0.2, -0.15) is 0 Å². The van der Waals surface area contributed by atoms with Gasteiger partial charge in [0.05, 0.1) is 5.69 Å². The molecule has 0 unspecified atom stereocenters. The minimum Gasteiger partial charge on any atom is -0.340 e. The molecule has 4 aromatic rings. The maximum atomic E-state index is 4.56. The van der Waals surface area contributed by atoms with E-state index < -0.39 is 0 Å². The van der Waals surface area contributed by atoms with E-state index in [2.05, 4.69) is 103 Å². The highest BCUT2D eigenvalue weighted by Gasteiger charge is 2.20. The third kappa shape index (κ3) is 4.66. The summed E-state index contributed by atoms with van der Waals surface area (Å²) in [6.07, 6.45) is 7.82. The number of aryl methyl sites for hydroxylation is 1. The molecule has 0 saturated carbocycles. The van der Waals surface area contributed by atoms with Crippen molar-refractivity contribution < 1.29 is 0 Å². The zero-order chi connectivity index (χ0) is 21.5. The fraction of sp³-hybridized carbons (Fsp3) is 0.267. The summed E-state index contributed by atoms with van der Waals surface area (Å²) in [5.41, 5.74) is 7.40. The van der Waals surface area contributed by atoms with Gasteiger partial charge < -0.3 is 4.57 Å². The minimum absolute atomic E-state index is 1.04. The van der Waals surface area contributed by atoms with Gasteiger partial charge in [0.2, 0.25) is 0 Å². The molecular weight excluding hydrogens is 374 g/mol. The highest BCUT2D eigenvalue weighted by molar-refractivity contribution is 6.03. The van der Waals surface area contributed by atoms with Crippen molar-refractivity contribution in [2.75, 3.05) is 0 Å². The monoisotopic (exact) mass is 407 g/mol. The summed E-state index contributed by atoms with van der Waals surface area (Å²) in [7, 11) is 0. The summed E-state index contributed by atoms with van der Waals surface area (Å²) in [4.78, 5) is 0. The molecule has 158 valence electrons. The Kier molecular flexibility index (Phi) is 7.04. The third-order valence-electron chi connectivity index (χ3n) is 6.18. The smallest absolute Gasteiger partial charge is 0.0571 e. The standard InChI is InChI=1S/C30H33N/c1-3-4-5-6-7-16-23-31-28-22-15-14-21-27(28)29(24(2)25-17-10-8-11-18-25)30(31)26-19-12-9-13-20-26/h8-15,17-22H,2-7,16,23H2,1H3. The van der Waals surface area contributed by atoms with Gasteiger partial charge in [-0.3, -0.25) is 0 Å². The molecule has 1 nitrogen and oxygen atoms in total. The zero-order valence-electron chi connectivity index (χ0n) is 18.7. The molecule has 3 aromatic carbocycles. The van der Waals surface area contributed by atoms with E-state index in [9.17, 15) is 0 Å². The first-order valence-corrected chi connectivity index (χ1v) is 11.7. The van der Waals surface area contributed by atoms with Crippen molar-refractivity contribution in [2.24, 2.45) is 0 Å². The first kappa shape index (κ1) is 21.2. The molecule has 0 aliphatic rings. The summed E-state index contributed by atoms with van der Waals surface area (Å²) < 4.78 is 2.54. The Bertz CT molecular complexity index is 1120. The molecule has 4 rings (SSSR count). The van der Waals surface area contributed by atoms with Crippen LogP contribution in [0.4, 0.5) is 0 Å². The second kappa shape index (κ2) is 10.3. The highest BCUT2D eigenvalue weighted by Crippen LogP contribution is 2.40. The van der Waals surface area contributed by atoms with Crippen molar-refractivity contribution in [3.05, 3.63) is 103 Å². The maximum absolute atomic E-state index is 4.56. The van der Waals surface area contributed by atoms with Gasteiger partial charge in [0.25, 0.3) is 0 Å². The number of rotatable bonds is 10. The summed E-state index contributed by atoms with van der Waals surface area (Å²) in [6.45, 7) is 7.88. The Balaban J connectivity index is 1.79. The second-order valence-electron chi connectivity index (χ2n) is 8.37. The Morgan fingerprint density at radius 3 is 2.06 bits per heavy atom. The van der Waals surface area contributed by atoms with Gasteiger partial charge in [-0.25, -0.2) is 0 Å². The fourth-order valence-corrected chi connectivity index (χ4v) is 4.57. The van der Waals surface area contributed by atoms with E-state index in [1.807, 2.05) is 0 Å². The quantitative estimate of drug-likeness (QED) is 0.232. The van der Waals surface area contributed by atoms with E-state index >= 15 is 0 Å². The number of aromatic nitrogens is 1. The Morgan fingerprint density at radius 1 is 0.710 bits per heavy atom. The van der Waals surface area contributed by atoms with Gasteiger partial charge in [-0.1, -0.05) is 124 Å². The van der Waals surface area contributed by atoms with E-state index in [0.29, 0.717) is 0 Å². The summed E-state index contributed by atoms with van der Waals surface area (Å²) in [5, 5.41) is 1.29. The number of unbranched alkanes of at least 4 members (excludes halogenated alkanes) is 5. The van der Waals surface area contributed by atoms with Crippen molar-refractivity contribution in [3.63, 3.8) is 0 Å². The molecule has 0 aliphatic heterocycles. The lowest BCUT2D eigenvalue weighted by Crippen LogP contribution is -2.02. The zero-order valence-corrected chi connectivity index (χ0v) is 18.7. The molecule has 0 saturated heterocycles. The van der Waals surface area contributed by atoms with Crippen LogP contribution < -0.4 is 0 Å².